The van der Waals surface area contributed by atoms with Crippen LogP contribution in [-0.2, 0) is 6.54 Å². The molecule has 1 aliphatic rings. The van der Waals surface area contributed by atoms with E-state index in [0.717, 1.165) is 24.1 Å². The van der Waals surface area contributed by atoms with Gasteiger partial charge in [-0.1, -0.05) is 25.3 Å². The van der Waals surface area contributed by atoms with Gasteiger partial charge in [0.15, 0.2) is 0 Å². The molecule has 0 spiro atoms. The van der Waals surface area contributed by atoms with Crippen LogP contribution in [0.2, 0.25) is 0 Å². The molecule has 1 aliphatic carbocycles. The summed E-state index contributed by atoms with van der Waals surface area (Å²) in [6.45, 7) is 2.41. The maximum absolute atomic E-state index is 12.5. The average molecular weight is 390 g/mol. The molecule has 150 valence electrons. The molecule has 1 saturated carbocycles. The molecule has 1 fully saturated rings. The molecule has 0 bridgehead atoms. The van der Waals surface area contributed by atoms with Gasteiger partial charge in [-0.3, -0.25) is 14.0 Å². The summed E-state index contributed by atoms with van der Waals surface area (Å²) in [6, 6.07) is 13.0. The van der Waals surface area contributed by atoms with E-state index in [1.54, 1.807) is 12.3 Å². The second kappa shape index (κ2) is 8.47. The van der Waals surface area contributed by atoms with Crippen molar-refractivity contribution in [1.29, 1.82) is 0 Å². The van der Waals surface area contributed by atoms with E-state index in [1.165, 1.54) is 23.7 Å². The standard InChI is InChI=1S/C23H26N4O2/c1-16-13-17(23(29)26-18-7-3-2-4-8-18)10-11-20(16)24-15-19-14-22(28)27-12-6-5-9-21(27)25-19/h5-6,9-14,18,24H,2-4,7-8,15H2,1H3,(H,26,29). The number of rotatable bonds is 5. The highest BCUT2D eigenvalue weighted by atomic mass is 16.1. The summed E-state index contributed by atoms with van der Waals surface area (Å²) < 4.78 is 1.52. The second-order valence-corrected chi connectivity index (χ2v) is 7.71. The Hall–Kier alpha value is -3.15. The van der Waals surface area contributed by atoms with Crippen LogP contribution in [0.1, 0.15) is 53.7 Å². The van der Waals surface area contributed by atoms with E-state index in [9.17, 15) is 9.59 Å². The van der Waals surface area contributed by atoms with E-state index in [2.05, 4.69) is 15.6 Å². The van der Waals surface area contributed by atoms with Gasteiger partial charge in [0.1, 0.15) is 5.65 Å². The molecule has 2 heterocycles. The number of nitrogens with zero attached hydrogens (tertiary/aromatic N) is 2. The SMILES string of the molecule is Cc1cc(C(=O)NC2CCCCC2)ccc1NCc1cc(=O)n2ccccc2n1. The number of aryl methyl sites for hydroxylation is 1. The minimum atomic E-state index is -0.0983. The Morgan fingerprint density at radius 1 is 1.14 bits per heavy atom. The van der Waals surface area contributed by atoms with Crippen LogP contribution < -0.4 is 16.2 Å². The fourth-order valence-corrected chi connectivity index (χ4v) is 3.90. The summed E-state index contributed by atoms with van der Waals surface area (Å²) in [4.78, 5) is 29.3. The topological polar surface area (TPSA) is 75.5 Å². The fourth-order valence-electron chi connectivity index (χ4n) is 3.90. The lowest BCUT2D eigenvalue weighted by Gasteiger charge is -2.23. The molecule has 3 aromatic rings. The number of nitrogens with one attached hydrogen (secondary N) is 2. The van der Waals surface area contributed by atoms with Crippen molar-refractivity contribution in [3.63, 3.8) is 0 Å². The highest BCUT2D eigenvalue weighted by Gasteiger charge is 2.17. The zero-order valence-corrected chi connectivity index (χ0v) is 16.6. The summed E-state index contributed by atoms with van der Waals surface area (Å²) in [5.41, 5.74) is 3.80. The number of amides is 1. The summed E-state index contributed by atoms with van der Waals surface area (Å²) in [6.07, 6.45) is 7.51. The van der Waals surface area contributed by atoms with Gasteiger partial charge in [0.25, 0.3) is 11.5 Å². The number of carbonyl (C=O) groups is 1. The Bertz CT molecular complexity index is 1080. The predicted molar refractivity (Wildman–Crippen MR) is 114 cm³/mol. The van der Waals surface area contributed by atoms with Crippen molar-refractivity contribution in [1.82, 2.24) is 14.7 Å². The van der Waals surface area contributed by atoms with Crippen LogP contribution in [0.25, 0.3) is 5.65 Å². The van der Waals surface area contributed by atoms with Crippen LogP contribution in [0.5, 0.6) is 0 Å². The first-order chi connectivity index (χ1) is 14.1. The number of fused-ring (bicyclic) bond motifs is 1. The zero-order valence-electron chi connectivity index (χ0n) is 16.6. The normalized spacial score (nSPS) is 14.7. The molecule has 1 amide bonds. The molecule has 0 aliphatic heterocycles. The first kappa shape index (κ1) is 19.2. The van der Waals surface area contributed by atoms with Crippen molar-refractivity contribution in [3.05, 3.63) is 75.8 Å². The maximum Gasteiger partial charge on any atom is 0.258 e. The van der Waals surface area contributed by atoms with Crippen LogP contribution in [0, 0.1) is 6.92 Å². The third-order valence-electron chi connectivity index (χ3n) is 5.51. The number of hydrogen-bond acceptors (Lipinski definition) is 4. The van der Waals surface area contributed by atoms with Crippen LogP contribution in [-0.4, -0.2) is 21.3 Å². The molecule has 1 aromatic carbocycles. The third-order valence-corrected chi connectivity index (χ3v) is 5.51. The molecule has 0 atom stereocenters. The van der Waals surface area contributed by atoms with Gasteiger partial charge in [-0.2, -0.15) is 0 Å². The zero-order chi connectivity index (χ0) is 20.2. The molecule has 6 nitrogen and oxygen atoms in total. The summed E-state index contributed by atoms with van der Waals surface area (Å²) in [5, 5.41) is 6.48. The number of carbonyl (C=O) groups excluding carboxylic acids is 1. The number of hydrogen-bond donors (Lipinski definition) is 2. The molecule has 6 heteroatoms. The second-order valence-electron chi connectivity index (χ2n) is 7.71. The number of anilines is 1. The molecular formula is C23H26N4O2. The number of pyridine rings is 1. The minimum Gasteiger partial charge on any atom is -0.379 e. The molecular weight excluding hydrogens is 364 g/mol. The largest absolute Gasteiger partial charge is 0.379 e. The lowest BCUT2D eigenvalue weighted by atomic mass is 9.95. The maximum atomic E-state index is 12.5. The molecule has 29 heavy (non-hydrogen) atoms. The Kier molecular flexibility index (Phi) is 5.60. The third kappa shape index (κ3) is 4.47. The van der Waals surface area contributed by atoms with Crippen molar-refractivity contribution in [2.75, 3.05) is 5.32 Å². The Morgan fingerprint density at radius 2 is 1.97 bits per heavy atom. The van der Waals surface area contributed by atoms with Crippen molar-refractivity contribution < 1.29 is 4.79 Å². The fraction of sp³-hybridized carbons (Fsp3) is 0.348. The molecule has 0 saturated heterocycles. The van der Waals surface area contributed by atoms with Crippen molar-refractivity contribution in [2.45, 2.75) is 51.6 Å². The molecule has 4 rings (SSSR count). The molecule has 2 N–H and O–H groups in total. The summed E-state index contributed by atoms with van der Waals surface area (Å²) in [7, 11) is 0. The molecule has 0 unspecified atom stereocenters. The van der Waals surface area contributed by atoms with Gasteiger partial charge >= 0.3 is 0 Å². The van der Waals surface area contributed by atoms with E-state index >= 15 is 0 Å². The minimum absolute atomic E-state index is 0.00392. The number of benzene rings is 1. The van der Waals surface area contributed by atoms with Gasteiger partial charge in [-0.15, -0.1) is 0 Å². The lowest BCUT2D eigenvalue weighted by molar-refractivity contribution is 0.0927. The van der Waals surface area contributed by atoms with E-state index in [-0.39, 0.29) is 11.5 Å². The van der Waals surface area contributed by atoms with Gasteiger partial charge in [-0.05, 0) is 55.7 Å². The quantitative estimate of drug-likeness (QED) is 0.697. The first-order valence-electron chi connectivity index (χ1n) is 10.2. The average Bonchev–Trinajstić information content (AvgIpc) is 2.73. The lowest BCUT2D eigenvalue weighted by Crippen LogP contribution is -2.36. The van der Waals surface area contributed by atoms with E-state index in [1.807, 2.05) is 43.3 Å². The monoisotopic (exact) mass is 390 g/mol. The summed E-state index contributed by atoms with van der Waals surface area (Å²) in [5.74, 6) is -0.00392. The van der Waals surface area contributed by atoms with E-state index in [0.29, 0.717) is 29.5 Å². The predicted octanol–water partition coefficient (Wildman–Crippen LogP) is 3.68. The van der Waals surface area contributed by atoms with Gasteiger partial charge in [-0.25, -0.2) is 4.98 Å². The van der Waals surface area contributed by atoms with Gasteiger partial charge < -0.3 is 10.6 Å². The Morgan fingerprint density at radius 3 is 2.76 bits per heavy atom. The molecule has 2 aromatic heterocycles. The van der Waals surface area contributed by atoms with Gasteiger partial charge in [0, 0.05) is 29.6 Å². The smallest absolute Gasteiger partial charge is 0.258 e. The molecule has 0 radical (unpaired) electrons. The van der Waals surface area contributed by atoms with Crippen LogP contribution >= 0.6 is 0 Å². The number of aromatic nitrogens is 2. The Balaban J connectivity index is 1.43. The highest BCUT2D eigenvalue weighted by Crippen LogP contribution is 2.20. The van der Waals surface area contributed by atoms with Gasteiger partial charge in [0.05, 0.1) is 12.2 Å². The Labute approximate surface area is 170 Å². The van der Waals surface area contributed by atoms with Crippen LogP contribution in [0.4, 0.5) is 5.69 Å². The van der Waals surface area contributed by atoms with Crippen molar-refractivity contribution in [2.24, 2.45) is 0 Å². The van der Waals surface area contributed by atoms with Crippen molar-refractivity contribution >= 4 is 17.2 Å². The summed E-state index contributed by atoms with van der Waals surface area (Å²) >= 11 is 0. The van der Waals surface area contributed by atoms with Crippen molar-refractivity contribution in [3.8, 4) is 0 Å². The van der Waals surface area contributed by atoms with E-state index in [4.69, 9.17) is 0 Å². The van der Waals surface area contributed by atoms with Crippen LogP contribution in [0.15, 0.2) is 53.5 Å². The van der Waals surface area contributed by atoms with Gasteiger partial charge in [0.2, 0.25) is 0 Å². The first-order valence-corrected chi connectivity index (χ1v) is 10.2. The van der Waals surface area contributed by atoms with E-state index < -0.39 is 0 Å². The van der Waals surface area contributed by atoms with Crippen LogP contribution in [0.3, 0.4) is 0 Å². The highest BCUT2D eigenvalue weighted by molar-refractivity contribution is 5.95.